The fraction of sp³-hybridized carbons (Fsp3) is 0.240. The second-order valence-corrected chi connectivity index (χ2v) is 10.0. The van der Waals surface area contributed by atoms with Gasteiger partial charge < -0.3 is 10.6 Å². The Morgan fingerprint density at radius 1 is 1.00 bits per heavy atom. The van der Waals surface area contributed by atoms with Crippen molar-refractivity contribution < 1.29 is 18.0 Å². The molecule has 176 valence electrons. The highest BCUT2D eigenvalue weighted by atomic mass is 32.2. The number of nitrogens with one attached hydrogen (secondary N) is 2. The Morgan fingerprint density at radius 2 is 1.76 bits per heavy atom. The van der Waals surface area contributed by atoms with E-state index in [4.69, 9.17) is 0 Å². The van der Waals surface area contributed by atoms with Crippen LogP contribution in [-0.4, -0.2) is 42.6 Å². The summed E-state index contributed by atoms with van der Waals surface area (Å²) in [6.45, 7) is 0.774. The van der Waals surface area contributed by atoms with E-state index < -0.39 is 15.9 Å². The Bertz CT molecular complexity index is 1250. The van der Waals surface area contributed by atoms with E-state index in [1.165, 1.54) is 4.31 Å². The first-order valence-electron chi connectivity index (χ1n) is 11.1. The number of hydrogen-bond donors (Lipinski definition) is 2. The molecule has 1 aromatic heterocycles. The Balaban J connectivity index is 1.43. The van der Waals surface area contributed by atoms with Crippen molar-refractivity contribution in [3.63, 3.8) is 0 Å². The Labute approximate surface area is 199 Å². The van der Waals surface area contributed by atoms with E-state index in [-0.39, 0.29) is 23.3 Å². The van der Waals surface area contributed by atoms with Gasteiger partial charge in [0.15, 0.2) is 0 Å². The summed E-state index contributed by atoms with van der Waals surface area (Å²) in [4.78, 5) is 30.1. The zero-order valence-corrected chi connectivity index (χ0v) is 19.4. The lowest BCUT2D eigenvalue weighted by Gasteiger charge is -2.31. The van der Waals surface area contributed by atoms with Crippen molar-refractivity contribution in [2.45, 2.75) is 24.3 Å². The predicted octanol–water partition coefficient (Wildman–Crippen LogP) is 3.05. The van der Waals surface area contributed by atoms with Crippen LogP contribution in [0, 0.1) is 5.92 Å². The van der Waals surface area contributed by atoms with Gasteiger partial charge in [0.25, 0.3) is 5.91 Å². The molecular formula is C25H26N4O4S. The molecule has 2 N–H and O–H groups in total. The van der Waals surface area contributed by atoms with Crippen molar-refractivity contribution in [3.05, 3.63) is 90.3 Å². The molecule has 0 unspecified atom stereocenters. The van der Waals surface area contributed by atoms with Crippen LogP contribution in [0.15, 0.2) is 84.0 Å². The average molecular weight is 479 g/mol. The summed E-state index contributed by atoms with van der Waals surface area (Å²) in [6, 6.07) is 18.6. The number of hydrogen-bond acceptors (Lipinski definition) is 5. The lowest BCUT2D eigenvalue weighted by Crippen LogP contribution is -2.43. The summed E-state index contributed by atoms with van der Waals surface area (Å²) in [7, 11) is -3.67. The van der Waals surface area contributed by atoms with Crippen LogP contribution in [-0.2, 0) is 21.4 Å². The molecule has 1 saturated heterocycles. The Hall–Kier alpha value is -3.56. The third kappa shape index (κ3) is 5.49. The van der Waals surface area contributed by atoms with E-state index in [0.29, 0.717) is 37.2 Å². The van der Waals surface area contributed by atoms with Gasteiger partial charge in [0, 0.05) is 32.0 Å². The molecule has 2 amide bonds. The largest absolute Gasteiger partial charge is 0.348 e. The van der Waals surface area contributed by atoms with Crippen LogP contribution in [0.25, 0.3) is 0 Å². The maximum absolute atomic E-state index is 13.1. The first-order chi connectivity index (χ1) is 16.4. The van der Waals surface area contributed by atoms with Crippen LogP contribution in [0.2, 0.25) is 0 Å². The third-order valence-electron chi connectivity index (χ3n) is 5.74. The van der Waals surface area contributed by atoms with Crippen molar-refractivity contribution in [3.8, 4) is 0 Å². The van der Waals surface area contributed by atoms with Gasteiger partial charge in [-0.15, -0.1) is 0 Å². The zero-order chi connectivity index (χ0) is 24.0. The second kappa shape index (κ2) is 10.6. The van der Waals surface area contributed by atoms with Gasteiger partial charge in [0.05, 0.1) is 22.1 Å². The molecule has 0 radical (unpaired) electrons. The molecule has 1 atom stereocenters. The van der Waals surface area contributed by atoms with Crippen molar-refractivity contribution in [2.24, 2.45) is 5.92 Å². The van der Waals surface area contributed by atoms with Crippen molar-refractivity contribution in [1.29, 1.82) is 0 Å². The monoisotopic (exact) mass is 478 g/mol. The predicted molar refractivity (Wildman–Crippen MR) is 128 cm³/mol. The van der Waals surface area contributed by atoms with Gasteiger partial charge in [-0.2, -0.15) is 4.31 Å². The van der Waals surface area contributed by atoms with Crippen LogP contribution < -0.4 is 10.6 Å². The summed E-state index contributed by atoms with van der Waals surface area (Å²) < 4.78 is 27.3. The zero-order valence-electron chi connectivity index (χ0n) is 18.6. The highest BCUT2D eigenvalue weighted by Gasteiger charge is 2.33. The molecule has 4 rings (SSSR count). The first-order valence-corrected chi connectivity index (χ1v) is 12.5. The van der Waals surface area contributed by atoms with Gasteiger partial charge in [0.2, 0.25) is 15.9 Å². The molecule has 2 heterocycles. The number of para-hydroxylation sites is 1. The maximum atomic E-state index is 13.1. The topological polar surface area (TPSA) is 108 Å². The summed E-state index contributed by atoms with van der Waals surface area (Å²) in [5.41, 5.74) is 1.59. The Kier molecular flexibility index (Phi) is 7.34. The van der Waals surface area contributed by atoms with Crippen LogP contribution in [0.3, 0.4) is 0 Å². The minimum atomic E-state index is -3.67. The molecule has 1 fully saturated rings. The van der Waals surface area contributed by atoms with E-state index >= 15 is 0 Å². The van der Waals surface area contributed by atoms with Gasteiger partial charge in [-0.1, -0.05) is 36.4 Å². The van der Waals surface area contributed by atoms with E-state index in [2.05, 4.69) is 15.6 Å². The Morgan fingerprint density at radius 3 is 2.53 bits per heavy atom. The van der Waals surface area contributed by atoms with Crippen molar-refractivity contribution in [2.75, 3.05) is 18.4 Å². The normalized spacial score (nSPS) is 16.5. The molecule has 0 bridgehead atoms. The van der Waals surface area contributed by atoms with E-state index in [1.54, 1.807) is 73.1 Å². The molecule has 1 aliphatic rings. The summed E-state index contributed by atoms with van der Waals surface area (Å²) in [5.74, 6) is -1.14. The number of benzene rings is 2. The van der Waals surface area contributed by atoms with Gasteiger partial charge in [-0.05, 0) is 48.7 Å². The molecule has 2 aromatic carbocycles. The molecule has 9 heteroatoms. The lowest BCUT2D eigenvalue weighted by molar-refractivity contribution is -0.120. The number of carbonyl (C=O) groups excluding carboxylic acids is 2. The van der Waals surface area contributed by atoms with Gasteiger partial charge in [-0.3, -0.25) is 14.6 Å². The minimum absolute atomic E-state index is 0.0957. The number of rotatable bonds is 7. The molecule has 8 nitrogen and oxygen atoms in total. The number of nitrogens with zero attached hydrogens (tertiary/aromatic N) is 2. The van der Waals surface area contributed by atoms with Crippen LogP contribution in [0.1, 0.15) is 28.8 Å². The number of carbonyl (C=O) groups is 2. The fourth-order valence-electron chi connectivity index (χ4n) is 3.92. The van der Waals surface area contributed by atoms with Crippen LogP contribution in [0.5, 0.6) is 0 Å². The van der Waals surface area contributed by atoms with Gasteiger partial charge in [-0.25, -0.2) is 8.42 Å². The molecule has 1 aliphatic heterocycles. The van der Waals surface area contributed by atoms with Gasteiger partial charge in [0.1, 0.15) is 0 Å². The summed E-state index contributed by atoms with van der Waals surface area (Å²) >= 11 is 0. The number of pyridine rings is 1. The van der Waals surface area contributed by atoms with Crippen LogP contribution in [0.4, 0.5) is 5.69 Å². The fourth-order valence-corrected chi connectivity index (χ4v) is 5.47. The molecule has 0 aliphatic carbocycles. The molecule has 34 heavy (non-hydrogen) atoms. The van der Waals surface area contributed by atoms with E-state index in [1.807, 2.05) is 6.07 Å². The second-order valence-electron chi connectivity index (χ2n) is 8.09. The number of anilines is 1. The smallest absolute Gasteiger partial charge is 0.253 e. The number of sulfonamides is 1. The minimum Gasteiger partial charge on any atom is -0.348 e. The van der Waals surface area contributed by atoms with E-state index in [0.717, 1.165) is 5.56 Å². The maximum Gasteiger partial charge on any atom is 0.253 e. The lowest BCUT2D eigenvalue weighted by atomic mass is 9.98. The average Bonchev–Trinajstić information content (AvgIpc) is 2.89. The molecule has 0 spiro atoms. The van der Waals surface area contributed by atoms with Crippen molar-refractivity contribution >= 4 is 27.5 Å². The van der Waals surface area contributed by atoms with Crippen LogP contribution >= 0.6 is 0 Å². The number of aromatic nitrogens is 1. The molecular weight excluding hydrogens is 452 g/mol. The number of piperidine rings is 1. The standard InChI is InChI=1S/C25H26N4O4S/c30-24(20-9-7-15-29(18-20)34(32,33)21-10-2-1-3-11-21)28-23-13-5-4-12-22(23)25(31)27-17-19-8-6-14-26-16-19/h1-6,8,10-14,16,20H,7,9,15,17-18H2,(H,27,31)(H,28,30)/t20-/m0/s1. The first kappa shape index (κ1) is 23.6. The van der Waals surface area contributed by atoms with Crippen molar-refractivity contribution in [1.82, 2.24) is 14.6 Å². The quantitative estimate of drug-likeness (QED) is 0.543. The van der Waals surface area contributed by atoms with Gasteiger partial charge >= 0.3 is 0 Å². The highest BCUT2D eigenvalue weighted by molar-refractivity contribution is 7.89. The summed E-state index contributed by atoms with van der Waals surface area (Å²) in [6.07, 6.45) is 4.49. The molecule has 0 saturated carbocycles. The SMILES string of the molecule is O=C(NCc1cccnc1)c1ccccc1NC(=O)[C@H]1CCCN(S(=O)(=O)c2ccccc2)C1. The molecule has 3 aromatic rings. The van der Waals surface area contributed by atoms with E-state index in [9.17, 15) is 18.0 Å². The summed E-state index contributed by atoms with van der Waals surface area (Å²) in [5, 5.41) is 5.67. The number of amides is 2. The highest BCUT2D eigenvalue weighted by Crippen LogP contribution is 2.25. The third-order valence-corrected chi connectivity index (χ3v) is 7.62.